The Morgan fingerprint density at radius 3 is 2.78 bits per heavy atom. The third kappa shape index (κ3) is 3.38. The first-order valence-corrected chi connectivity index (χ1v) is 8.96. The summed E-state index contributed by atoms with van der Waals surface area (Å²) in [4.78, 5) is 9.82. The van der Waals surface area contributed by atoms with Crippen LogP contribution in [-0.2, 0) is 0 Å². The molecule has 0 aliphatic carbocycles. The van der Waals surface area contributed by atoms with Crippen LogP contribution in [0.5, 0.6) is 5.75 Å². The molecule has 27 heavy (non-hydrogen) atoms. The maximum absolute atomic E-state index is 9.09. The maximum Gasteiger partial charge on any atom is 0.163 e. The largest absolute Gasteiger partial charge is 0.497 e. The Morgan fingerprint density at radius 1 is 1.11 bits per heavy atom. The molecular weight excluding hydrogens is 358 g/mol. The van der Waals surface area contributed by atoms with Crippen LogP contribution in [0, 0.1) is 11.3 Å². The number of anilines is 3. The average Bonchev–Trinajstić information content (AvgIpc) is 3.11. The summed E-state index contributed by atoms with van der Waals surface area (Å²) in [6, 6.07) is 18.9. The van der Waals surface area contributed by atoms with Gasteiger partial charge in [0.2, 0.25) is 0 Å². The molecule has 4 aromatic rings. The number of methoxy groups -OCH3 is 1. The van der Waals surface area contributed by atoms with Gasteiger partial charge in [-0.15, -0.1) is 0 Å². The zero-order valence-electron chi connectivity index (χ0n) is 14.4. The standard InChI is InChI=1S/C20H15N5OS/c1-26-15-7-3-6-14(9-15)23-17-10-16-18(22)24-19(25-20(16)27-17)13-5-2-4-12(8-13)11-21/h2-10,23H,1H3,(H2,22,24,25). The smallest absolute Gasteiger partial charge is 0.163 e. The lowest BCUT2D eigenvalue weighted by Crippen LogP contribution is -1.96. The molecule has 0 saturated carbocycles. The molecule has 3 N–H and O–H groups in total. The van der Waals surface area contributed by atoms with E-state index in [0.717, 1.165) is 32.2 Å². The normalized spacial score (nSPS) is 10.5. The Labute approximate surface area is 159 Å². The second kappa shape index (κ2) is 6.94. The molecule has 0 unspecified atom stereocenters. The van der Waals surface area contributed by atoms with Gasteiger partial charge in [-0.05, 0) is 30.3 Å². The van der Waals surface area contributed by atoms with Crippen LogP contribution in [0.25, 0.3) is 21.6 Å². The minimum absolute atomic E-state index is 0.410. The Bertz CT molecular complexity index is 1180. The van der Waals surface area contributed by atoms with Crippen LogP contribution in [0.15, 0.2) is 54.6 Å². The first-order valence-electron chi connectivity index (χ1n) is 8.15. The van der Waals surface area contributed by atoms with Crippen molar-refractivity contribution in [3.8, 4) is 23.2 Å². The van der Waals surface area contributed by atoms with Crippen LogP contribution >= 0.6 is 11.3 Å². The molecule has 0 atom stereocenters. The molecule has 0 spiro atoms. The van der Waals surface area contributed by atoms with Crippen molar-refractivity contribution in [1.82, 2.24) is 9.97 Å². The fourth-order valence-corrected chi connectivity index (χ4v) is 3.66. The van der Waals surface area contributed by atoms with E-state index < -0.39 is 0 Å². The molecule has 2 aromatic carbocycles. The number of aromatic nitrogens is 2. The molecule has 0 bridgehead atoms. The third-order valence-corrected chi connectivity index (χ3v) is 4.95. The summed E-state index contributed by atoms with van der Waals surface area (Å²) in [6.45, 7) is 0. The molecule has 2 aromatic heterocycles. The van der Waals surface area contributed by atoms with E-state index in [1.165, 1.54) is 11.3 Å². The van der Waals surface area contributed by atoms with E-state index >= 15 is 0 Å². The van der Waals surface area contributed by atoms with Crippen molar-refractivity contribution >= 4 is 38.1 Å². The van der Waals surface area contributed by atoms with Crippen LogP contribution < -0.4 is 15.8 Å². The fraction of sp³-hybridized carbons (Fsp3) is 0.0500. The maximum atomic E-state index is 9.09. The Morgan fingerprint density at radius 2 is 1.96 bits per heavy atom. The molecule has 6 nitrogen and oxygen atoms in total. The zero-order chi connectivity index (χ0) is 18.8. The molecule has 0 aliphatic heterocycles. The lowest BCUT2D eigenvalue weighted by Gasteiger charge is -2.05. The van der Waals surface area contributed by atoms with Crippen molar-refractivity contribution in [3.63, 3.8) is 0 Å². The van der Waals surface area contributed by atoms with Crippen molar-refractivity contribution in [1.29, 1.82) is 5.26 Å². The highest BCUT2D eigenvalue weighted by Gasteiger charge is 2.12. The topological polar surface area (TPSA) is 96.9 Å². The fourth-order valence-electron chi connectivity index (χ4n) is 2.71. The summed E-state index contributed by atoms with van der Waals surface area (Å²) < 4.78 is 5.25. The quantitative estimate of drug-likeness (QED) is 0.544. The number of nitrogen functional groups attached to an aromatic ring is 1. The Balaban J connectivity index is 1.72. The van der Waals surface area contributed by atoms with Gasteiger partial charge in [-0.3, -0.25) is 0 Å². The van der Waals surface area contributed by atoms with Gasteiger partial charge in [-0.2, -0.15) is 5.26 Å². The van der Waals surface area contributed by atoms with E-state index in [1.807, 2.05) is 42.5 Å². The van der Waals surface area contributed by atoms with Gasteiger partial charge in [-0.25, -0.2) is 9.97 Å². The number of nitrogens with two attached hydrogens (primary N) is 1. The van der Waals surface area contributed by atoms with Gasteiger partial charge in [0.05, 0.1) is 29.1 Å². The van der Waals surface area contributed by atoms with Gasteiger partial charge in [-0.1, -0.05) is 29.5 Å². The number of hydrogen-bond acceptors (Lipinski definition) is 7. The molecule has 7 heteroatoms. The van der Waals surface area contributed by atoms with Gasteiger partial charge in [0, 0.05) is 17.3 Å². The Hall–Kier alpha value is -3.63. The summed E-state index contributed by atoms with van der Waals surface area (Å²) in [5.74, 6) is 1.69. The predicted octanol–water partition coefficient (Wildman–Crippen LogP) is 4.56. The molecule has 0 radical (unpaired) electrons. The highest BCUT2D eigenvalue weighted by Crippen LogP contribution is 2.35. The number of nitrogens with one attached hydrogen (secondary N) is 1. The van der Waals surface area contributed by atoms with E-state index in [1.54, 1.807) is 19.2 Å². The summed E-state index contributed by atoms with van der Waals surface area (Å²) >= 11 is 1.49. The molecule has 2 heterocycles. The van der Waals surface area contributed by atoms with E-state index in [-0.39, 0.29) is 0 Å². The summed E-state index contributed by atoms with van der Waals surface area (Å²) in [5, 5.41) is 14.1. The highest BCUT2D eigenvalue weighted by molar-refractivity contribution is 7.22. The number of nitrogens with zero attached hydrogens (tertiary/aromatic N) is 3. The highest BCUT2D eigenvalue weighted by atomic mass is 32.1. The van der Waals surface area contributed by atoms with Gasteiger partial charge < -0.3 is 15.8 Å². The monoisotopic (exact) mass is 373 g/mol. The van der Waals surface area contributed by atoms with Crippen molar-refractivity contribution in [2.45, 2.75) is 0 Å². The summed E-state index contributed by atoms with van der Waals surface area (Å²) in [7, 11) is 1.64. The lowest BCUT2D eigenvalue weighted by atomic mass is 10.1. The predicted molar refractivity (Wildman–Crippen MR) is 108 cm³/mol. The number of nitriles is 1. The Kier molecular flexibility index (Phi) is 4.32. The molecule has 132 valence electrons. The molecular formula is C20H15N5OS. The van der Waals surface area contributed by atoms with Crippen LogP contribution in [-0.4, -0.2) is 17.1 Å². The van der Waals surface area contributed by atoms with Gasteiger partial charge in [0.1, 0.15) is 16.4 Å². The second-order valence-electron chi connectivity index (χ2n) is 5.81. The number of ether oxygens (including phenoxy) is 1. The van der Waals surface area contributed by atoms with Gasteiger partial charge >= 0.3 is 0 Å². The van der Waals surface area contributed by atoms with E-state index in [0.29, 0.717) is 17.2 Å². The molecule has 0 aliphatic rings. The number of hydrogen-bond donors (Lipinski definition) is 2. The van der Waals surface area contributed by atoms with Gasteiger partial charge in [0.15, 0.2) is 5.82 Å². The zero-order valence-corrected chi connectivity index (χ0v) is 15.2. The van der Waals surface area contributed by atoms with Crippen molar-refractivity contribution in [2.75, 3.05) is 18.2 Å². The number of fused-ring (bicyclic) bond motifs is 1. The molecule has 0 amide bonds. The number of thiophene rings is 1. The SMILES string of the molecule is COc1cccc(Nc2cc3c(N)nc(-c4cccc(C#N)c4)nc3s2)c1. The summed E-state index contributed by atoms with van der Waals surface area (Å²) in [5.41, 5.74) is 8.39. The van der Waals surface area contributed by atoms with Crippen molar-refractivity contribution < 1.29 is 4.74 Å². The third-order valence-electron chi connectivity index (χ3n) is 4.01. The van der Waals surface area contributed by atoms with Crippen LogP contribution in [0.2, 0.25) is 0 Å². The minimum atomic E-state index is 0.410. The number of benzene rings is 2. The van der Waals surface area contributed by atoms with Crippen LogP contribution in [0.1, 0.15) is 5.56 Å². The van der Waals surface area contributed by atoms with Gasteiger partial charge in [0.25, 0.3) is 0 Å². The average molecular weight is 373 g/mol. The first-order chi connectivity index (χ1) is 13.2. The molecule has 0 saturated heterocycles. The van der Waals surface area contributed by atoms with Crippen LogP contribution in [0.3, 0.4) is 0 Å². The van der Waals surface area contributed by atoms with E-state index in [2.05, 4.69) is 21.4 Å². The second-order valence-corrected chi connectivity index (χ2v) is 6.84. The lowest BCUT2D eigenvalue weighted by molar-refractivity contribution is 0.415. The molecule has 4 rings (SSSR count). The number of rotatable bonds is 4. The van der Waals surface area contributed by atoms with E-state index in [9.17, 15) is 0 Å². The van der Waals surface area contributed by atoms with Crippen molar-refractivity contribution in [2.24, 2.45) is 0 Å². The van der Waals surface area contributed by atoms with Crippen LogP contribution in [0.4, 0.5) is 16.5 Å². The summed E-state index contributed by atoms with van der Waals surface area (Å²) in [6.07, 6.45) is 0. The van der Waals surface area contributed by atoms with E-state index in [4.69, 9.17) is 15.7 Å². The van der Waals surface area contributed by atoms with Crippen molar-refractivity contribution in [3.05, 3.63) is 60.2 Å². The molecule has 0 fully saturated rings. The first kappa shape index (κ1) is 16.8. The minimum Gasteiger partial charge on any atom is -0.497 e.